The van der Waals surface area contributed by atoms with Crippen molar-refractivity contribution in [1.29, 1.82) is 0 Å². The van der Waals surface area contributed by atoms with Gasteiger partial charge >= 0.3 is 0 Å². The highest BCUT2D eigenvalue weighted by molar-refractivity contribution is 7.10. The van der Waals surface area contributed by atoms with Crippen molar-refractivity contribution in [3.8, 4) is 0 Å². The number of nitrogens with two attached hydrogens (primary N) is 1. The van der Waals surface area contributed by atoms with E-state index in [1.807, 2.05) is 28.5 Å². The average molecular weight is 278 g/mol. The Morgan fingerprint density at radius 3 is 3.11 bits per heavy atom. The predicted octanol–water partition coefficient (Wildman–Crippen LogP) is 2.74. The lowest BCUT2D eigenvalue weighted by Crippen LogP contribution is -2.49. The average Bonchev–Trinajstić information content (AvgIpc) is 2.97. The van der Waals surface area contributed by atoms with E-state index in [9.17, 15) is 4.79 Å². The first kappa shape index (κ1) is 14.3. The molecule has 3 nitrogen and oxygen atoms in total. The molecule has 0 aliphatic carbocycles. The van der Waals surface area contributed by atoms with Gasteiger partial charge in [-0.05, 0) is 36.3 Å². The maximum Gasteiger partial charge on any atom is 0.246 e. The molecule has 1 aliphatic rings. The molecule has 0 spiro atoms. The summed E-state index contributed by atoms with van der Waals surface area (Å²) < 4.78 is 0. The molecule has 1 aromatic rings. The fraction of sp³-hybridized carbons (Fsp3) is 0.533. The molecule has 0 radical (unpaired) electrons. The van der Waals surface area contributed by atoms with Crippen molar-refractivity contribution < 1.29 is 4.79 Å². The van der Waals surface area contributed by atoms with Crippen molar-refractivity contribution in [2.24, 2.45) is 11.7 Å². The zero-order chi connectivity index (χ0) is 13.7. The van der Waals surface area contributed by atoms with Crippen LogP contribution < -0.4 is 5.73 Å². The molecule has 0 bridgehead atoms. The third-order valence-electron chi connectivity index (χ3n) is 3.89. The van der Waals surface area contributed by atoms with Crippen LogP contribution in [0.25, 0.3) is 6.08 Å². The van der Waals surface area contributed by atoms with Crippen LogP contribution in [-0.2, 0) is 4.79 Å². The van der Waals surface area contributed by atoms with Crippen LogP contribution in [0.5, 0.6) is 0 Å². The standard InChI is InChI=1S/C15H22N2OS/c1-2-12-7-8-17(13(10-12)11-16)15(18)6-5-14-4-3-9-19-14/h3-6,9,12-13H,2,7-8,10-11,16H2,1H3/b6-5+. The molecule has 1 fully saturated rings. The number of carbonyl (C=O) groups excluding carboxylic acids is 1. The van der Waals surface area contributed by atoms with Gasteiger partial charge in [0.1, 0.15) is 0 Å². The van der Waals surface area contributed by atoms with E-state index in [-0.39, 0.29) is 11.9 Å². The highest BCUT2D eigenvalue weighted by atomic mass is 32.1. The number of nitrogens with zero attached hydrogens (tertiary/aromatic N) is 1. The van der Waals surface area contributed by atoms with E-state index in [1.165, 1.54) is 6.42 Å². The van der Waals surface area contributed by atoms with Crippen LogP contribution in [0.4, 0.5) is 0 Å². The number of rotatable bonds is 4. The van der Waals surface area contributed by atoms with Crippen molar-refractivity contribution >= 4 is 23.3 Å². The molecule has 2 heterocycles. The van der Waals surface area contributed by atoms with Gasteiger partial charge in [0, 0.05) is 30.1 Å². The fourth-order valence-corrected chi connectivity index (χ4v) is 3.27. The second-order valence-corrected chi connectivity index (χ2v) is 6.05. The van der Waals surface area contributed by atoms with Gasteiger partial charge in [0.05, 0.1) is 0 Å². The van der Waals surface area contributed by atoms with Crippen molar-refractivity contribution in [3.63, 3.8) is 0 Å². The summed E-state index contributed by atoms with van der Waals surface area (Å²) in [5, 5.41) is 2.01. The SMILES string of the molecule is CCC1CCN(C(=O)/C=C/c2cccs2)C(CN)C1. The van der Waals surface area contributed by atoms with Gasteiger partial charge < -0.3 is 10.6 Å². The van der Waals surface area contributed by atoms with Gasteiger partial charge in [-0.2, -0.15) is 0 Å². The molecule has 1 amide bonds. The largest absolute Gasteiger partial charge is 0.335 e. The lowest BCUT2D eigenvalue weighted by Gasteiger charge is -2.38. The molecule has 1 aromatic heterocycles. The van der Waals surface area contributed by atoms with E-state index < -0.39 is 0 Å². The predicted molar refractivity (Wildman–Crippen MR) is 80.9 cm³/mol. The number of thiophene rings is 1. The monoisotopic (exact) mass is 278 g/mol. The minimum Gasteiger partial charge on any atom is -0.335 e. The van der Waals surface area contributed by atoms with E-state index in [0.29, 0.717) is 6.54 Å². The minimum absolute atomic E-state index is 0.0957. The molecule has 2 N–H and O–H groups in total. The van der Waals surface area contributed by atoms with Crippen molar-refractivity contribution in [2.45, 2.75) is 32.2 Å². The summed E-state index contributed by atoms with van der Waals surface area (Å²) in [4.78, 5) is 15.3. The Morgan fingerprint density at radius 2 is 2.47 bits per heavy atom. The number of carbonyl (C=O) groups is 1. The molecule has 0 saturated carbocycles. The second kappa shape index (κ2) is 6.87. The van der Waals surface area contributed by atoms with E-state index >= 15 is 0 Å². The molecule has 1 saturated heterocycles. The Hall–Kier alpha value is -1.13. The van der Waals surface area contributed by atoms with Crippen LogP contribution in [0, 0.1) is 5.92 Å². The first-order chi connectivity index (χ1) is 9.24. The van der Waals surface area contributed by atoms with Gasteiger partial charge in [-0.15, -0.1) is 11.3 Å². The van der Waals surface area contributed by atoms with Gasteiger partial charge in [-0.3, -0.25) is 4.79 Å². The maximum atomic E-state index is 12.2. The molecule has 1 aliphatic heterocycles. The summed E-state index contributed by atoms with van der Waals surface area (Å²) in [7, 11) is 0. The van der Waals surface area contributed by atoms with Gasteiger partial charge in [-0.25, -0.2) is 0 Å². The summed E-state index contributed by atoms with van der Waals surface area (Å²) in [6.07, 6.45) is 6.91. The minimum atomic E-state index is 0.0957. The zero-order valence-electron chi connectivity index (χ0n) is 11.4. The van der Waals surface area contributed by atoms with E-state index in [4.69, 9.17) is 5.73 Å². The highest BCUT2D eigenvalue weighted by Gasteiger charge is 2.28. The number of piperidine rings is 1. The topological polar surface area (TPSA) is 46.3 Å². The number of amides is 1. The van der Waals surface area contributed by atoms with Crippen LogP contribution in [0.1, 0.15) is 31.1 Å². The van der Waals surface area contributed by atoms with Gasteiger partial charge in [0.2, 0.25) is 5.91 Å². The number of likely N-dealkylation sites (tertiary alicyclic amines) is 1. The molecule has 2 unspecified atom stereocenters. The first-order valence-corrected chi connectivity index (χ1v) is 7.84. The normalized spacial score (nSPS) is 24.0. The van der Waals surface area contributed by atoms with Crippen LogP contribution >= 0.6 is 11.3 Å². The Kier molecular flexibility index (Phi) is 5.16. The quantitative estimate of drug-likeness (QED) is 0.861. The van der Waals surface area contributed by atoms with E-state index in [2.05, 4.69) is 6.92 Å². The van der Waals surface area contributed by atoms with Crippen LogP contribution in [0.15, 0.2) is 23.6 Å². The highest BCUT2D eigenvalue weighted by Crippen LogP contribution is 2.25. The molecule has 2 rings (SSSR count). The Morgan fingerprint density at radius 1 is 1.63 bits per heavy atom. The smallest absolute Gasteiger partial charge is 0.246 e. The maximum absolute atomic E-state index is 12.2. The van der Waals surface area contributed by atoms with Crippen LogP contribution in [0.3, 0.4) is 0 Å². The van der Waals surface area contributed by atoms with Crippen molar-refractivity contribution in [2.75, 3.05) is 13.1 Å². The van der Waals surface area contributed by atoms with Gasteiger partial charge in [0.15, 0.2) is 0 Å². The molecule has 104 valence electrons. The number of hydrogen-bond donors (Lipinski definition) is 1. The molecule has 19 heavy (non-hydrogen) atoms. The van der Waals surface area contributed by atoms with Crippen molar-refractivity contribution in [1.82, 2.24) is 4.90 Å². The molecule has 2 atom stereocenters. The fourth-order valence-electron chi connectivity index (χ4n) is 2.65. The molecule has 4 heteroatoms. The van der Waals surface area contributed by atoms with E-state index in [0.717, 1.165) is 30.2 Å². The van der Waals surface area contributed by atoms with Crippen molar-refractivity contribution in [3.05, 3.63) is 28.5 Å². The summed E-state index contributed by atoms with van der Waals surface area (Å²) in [5.74, 6) is 0.817. The lowest BCUT2D eigenvalue weighted by atomic mass is 9.89. The first-order valence-electron chi connectivity index (χ1n) is 6.96. The Bertz CT molecular complexity index is 427. The Labute approximate surface area is 119 Å². The summed E-state index contributed by atoms with van der Waals surface area (Å²) in [6.45, 7) is 3.62. The molecule has 0 aromatic carbocycles. The third kappa shape index (κ3) is 3.67. The third-order valence-corrected chi connectivity index (χ3v) is 4.73. The second-order valence-electron chi connectivity index (χ2n) is 5.07. The molecular formula is C15H22N2OS. The summed E-state index contributed by atoms with van der Waals surface area (Å²) in [5.41, 5.74) is 5.82. The van der Waals surface area contributed by atoms with Crippen LogP contribution in [0.2, 0.25) is 0 Å². The van der Waals surface area contributed by atoms with Gasteiger partial charge in [-0.1, -0.05) is 19.4 Å². The molecular weight excluding hydrogens is 256 g/mol. The Balaban J connectivity index is 1.98. The lowest BCUT2D eigenvalue weighted by molar-refractivity contribution is -0.130. The van der Waals surface area contributed by atoms with E-state index in [1.54, 1.807) is 17.4 Å². The number of hydrogen-bond acceptors (Lipinski definition) is 3. The van der Waals surface area contributed by atoms with Gasteiger partial charge in [0.25, 0.3) is 0 Å². The zero-order valence-corrected chi connectivity index (χ0v) is 12.2. The summed E-state index contributed by atoms with van der Waals surface area (Å²) >= 11 is 1.64. The summed E-state index contributed by atoms with van der Waals surface area (Å²) in [6, 6.07) is 4.21. The van der Waals surface area contributed by atoms with Crippen LogP contribution in [-0.4, -0.2) is 29.9 Å².